The number of carbonyl (C=O) groups is 2. The zero-order valence-electron chi connectivity index (χ0n) is 9.94. The molecule has 0 bridgehead atoms. The molecule has 0 aliphatic heterocycles. The van der Waals surface area contributed by atoms with Gasteiger partial charge in [0.1, 0.15) is 6.61 Å². The van der Waals surface area contributed by atoms with E-state index in [4.69, 9.17) is 11.6 Å². The highest BCUT2D eigenvalue weighted by Gasteiger charge is 2.06. The Morgan fingerprint density at radius 1 is 1.22 bits per heavy atom. The number of ether oxygens (including phenoxy) is 2. The summed E-state index contributed by atoms with van der Waals surface area (Å²) in [6.45, 7) is -0.113. The first-order chi connectivity index (χ1) is 8.61. The topological polar surface area (TPSA) is 64.6 Å². The van der Waals surface area contributed by atoms with Crippen molar-refractivity contribution in [2.75, 3.05) is 20.3 Å². The summed E-state index contributed by atoms with van der Waals surface area (Å²) in [4.78, 5) is 22.3. The van der Waals surface area contributed by atoms with Gasteiger partial charge in [0.15, 0.2) is 6.61 Å². The van der Waals surface area contributed by atoms with Crippen molar-refractivity contribution in [1.82, 2.24) is 5.32 Å². The standard InChI is InChI=1S/C12H14ClNO4/c1-17-8-12(16)18-7-11(15)14-6-9-2-4-10(13)5-3-9/h2-5H,6-8H2,1H3,(H,14,15). The molecule has 1 aromatic carbocycles. The molecule has 18 heavy (non-hydrogen) atoms. The molecule has 0 aliphatic carbocycles. The number of hydrogen-bond acceptors (Lipinski definition) is 4. The molecule has 0 heterocycles. The van der Waals surface area contributed by atoms with E-state index in [1.54, 1.807) is 24.3 Å². The van der Waals surface area contributed by atoms with Gasteiger partial charge in [-0.1, -0.05) is 23.7 Å². The quantitative estimate of drug-likeness (QED) is 0.788. The van der Waals surface area contributed by atoms with Gasteiger partial charge in [-0.3, -0.25) is 4.79 Å². The van der Waals surface area contributed by atoms with E-state index in [0.717, 1.165) is 5.56 Å². The van der Waals surface area contributed by atoms with Gasteiger partial charge in [0, 0.05) is 18.7 Å². The van der Waals surface area contributed by atoms with Crippen LogP contribution >= 0.6 is 11.6 Å². The van der Waals surface area contributed by atoms with E-state index in [-0.39, 0.29) is 19.1 Å². The van der Waals surface area contributed by atoms with Crippen molar-refractivity contribution in [2.24, 2.45) is 0 Å². The Balaban J connectivity index is 2.24. The number of carbonyl (C=O) groups excluding carboxylic acids is 2. The molecule has 5 nitrogen and oxygen atoms in total. The van der Waals surface area contributed by atoms with Crippen molar-refractivity contribution < 1.29 is 19.1 Å². The van der Waals surface area contributed by atoms with Gasteiger partial charge in [0.25, 0.3) is 5.91 Å². The van der Waals surface area contributed by atoms with Gasteiger partial charge in [0.05, 0.1) is 0 Å². The van der Waals surface area contributed by atoms with Crippen LogP contribution in [0.25, 0.3) is 0 Å². The van der Waals surface area contributed by atoms with Crippen LogP contribution in [0.2, 0.25) is 5.02 Å². The minimum absolute atomic E-state index is 0.162. The Hall–Kier alpha value is -1.59. The van der Waals surface area contributed by atoms with Crippen molar-refractivity contribution in [3.05, 3.63) is 34.9 Å². The highest BCUT2D eigenvalue weighted by atomic mass is 35.5. The molecule has 0 radical (unpaired) electrons. The van der Waals surface area contributed by atoms with Gasteiger partial charge in [0.2, 0.25) is 0 Å². The SMILES string of the molecule is COCC(=O)OCC(=O)NCc1ccc(Cl)cc1. The molecule has 1 amide bonds. The van der Waals surface area contributed by atoms with E-state index in [0.29, 0.717) is 11.6 Å². The number of amides is 1. The van der Waals surface area contributed by atoms with E-state index in [2.05, 4.69) is 14.8 Å². The molecule has 6 heteroatoms. The fraction of sp³-hybridized carbons (Fsp3) is 0.333. The minimum atomic E-state index is -0.570. The Labute approximate surface area is 110 Å². The molecule has 0 unspecified atom stereocenters. The van der Waals surface area contributed by atoms with Gasteiger partial charge >= 0.3 is 5.97 Å². The molecule has 0 aromatic heterocycles. The molecule has 1 aromatic rings. The Bertz CT molecular complexity index is 405. The second kappa shape index (κ2) is 7.68. The molecule has 0 atom stereocenters. The lowest BCUT2D eigenvalue weighted by atomic mass is 10.2. The summed E-state index contributed by atoms with van der Waals surface area (Å²) < 4.78 is 9.21. The van der Waals surface area contributed by atoms with Gasteiger partial charge < -0.3 is 14.8 Å². The fourth-order valence-electron chi connectivity index (χ4n) is 1.16. The summed E-state index contributed by atoms with van der Waals surface area (Å²) in [6.07, 6.45) is 0. The van der Waals surface area contributed by atoms with Crippen molar-refractivity contribution in [2.45, 2.75) is 6.54 Å². The minimum Gasteiger partial charge on any atom is -0.454 e. The maximum absolute atomic E-state index is 11.3. The van der Waals surface area contributed by atoms with Crippen LogP contribution in [-0.2, 0) is 25.6 Å². The number of nitrogens with one attached hydrogen (secondary N) is 1. The van der Waals surface area contributed by atoms with Crippen LogP contribution in [-0.4, -0.2) is 32.2 Å². The zero-order valence-corrected chi connectivity index (χ0v) is 10.7. The highest BCUT2D eigenvalue weighted by molar-refractivity contribution is 6.30. The summed E-state index contributed by atoms with van der Waals surface area (Å²) in [5.74, 6) is -0.937. The van der Waals surface area contributed by atoms with Crippen molar-refractivity contribution in [3.63, 3.8) is 0 Å². The van der Waals surface area contributed by atoms with Crippen LogP contribution < -0.4 is 5.32 Å². The molecule has 0 saturated carbocycles. The predicted octanol–water partition coefficient (Wildman–Crippen LogP) is 1.15. The first kappa shape index (κ1) is 14.5. The average molecular weight is 272 g/mol. The highest BCUT2D eigenvalue weighted by Crippen LogP contribution is 2.08. The van der Waals surface area contributed by atoms with Crippen molar-refractivity contribution >= 4 is 23.5 Å². The van der Waals surface area contributed by atoms with Crippen LogP contribution in [0.5, 0.6) is 0 Å². The van der Waals surface area contributed by atoms with Gasteiger partial charge in [-0.25, -0.2) is 4.79 Å². The number of benzene rings is 1. The van der Waals surface area contributed by atoms with E-state index < -0.39 is 5.97 Å². The van der Waals surface area contributed by atoms with Crippen LogP contribution in [0.4, 0.5) is 0 Å². The number of methoxy groups -OCH3 is 1. The molecule has 1 rings (SSSR count). The molecule has 98 valence electrons. The van der Waals surface area contributed by atoms with Crippen molar-refractivity contribution in [1.29, 1.82) is 0 Å². The van der Waals surface area contributed by atoms with Crippen LogP contribution in [0, 0.1) is 0 Å². The molecule has 0 saturated heterocycles. The maximum Gasteiger partial charge on any atom is 0.332 e. The summed E-state index contributed by atoms with van der Waals surface area (Å²) in [7, 11) is 1.38. The summed E-state index contributed by atoms with van der Waals surface area (Å²) in [5, 5.41) is 3.25. The van der Waals surface area contributed by atoms with Gasteiger partial charge in [-0.15, -0.1) is 0 Å². The summed E-state index contributed by atoms with van der Waals surface area (Å²) in [5.41, 5.74) is 0.913. The van der Waals surface area contributed by atoms with E-state index in [1.165, 1.54) is 7.11 Å². The molecular formula is C12H14ClNO4. The zero-order chi connectivity index (χ0) is 13.4. The molecule has 1 N–H and O–H groups in total. The maximum atomic E-state index is 11.3. The molecule has 0 aliphatic rings. The fourth-order valence-corrected chi connectivity index (χ4v) is 1.29. The average Bonchev–Trinajstić information content (AvgIpc) is 2.36. The molecule has 0 fully saturated rings. The van der Waals surface area contributed by atoms with E-state index >= 15 is 0 Å². The number of esters is 1. The lowest BCUT2D eigenvalue weighted by molar-refractivity contribution is -0.152. The third-order valence-corrected chi connectivity index (χ3v) is 2.28. The van der Waals surface area contributed by atoms with Gasteiger partial charge in [-0.2, -0.15) is 0 Å². The van der Waals surface area contributed by atoms with Crippen LogP contribution in [0.15, 0.2) is 24.3 Å². The lowest BCUT2D eigenvalue weighted by Gasteiger charge is -2.06. The largest absolute Gasteiger partial charge is 0.454 e. The summed E-state index contributed by atoms with van der Waals surface area (Å²) in [6, 6.07) is 7.09. The number of halogens is 1. The van der Waals surface area contributed by atoms with Gasteiger partial charge in [-0.05, 0) is 17.7 Å². The Kier molecular flexibility index (Phi) is 6.18. The number of hydrogen-bond donors (Lipinski definition) is 1. The Morgan fingerprint density at radius 2 is 1.89 bits per heavy atom. The molecule has 0 spiro atoms. The van der Waals surface area contributed by atoms with Crippen LogP contribution in [0.1, 0.15) is 5.56 Å². The monoisotopic (exact) mass is 271 g/mol. The lowest BCUT2D eigenvalue weighted by Crippen LogP contribution is -2.29. The molecular weight excluding hydrogens is 258 g/mol. The first-order valence-corrected chi connectivity index (χ1v) is 5.65. The summed E-state index contributed by atoms with van der Waals surface area (Å²) >= 11 is 5.73. The normalized spacial score (nSPS) is 9.89. The van der Waals surface area contributed by atoms with Crippen LogP contribution in [0.3, 0.4) is 0 Å². The predicted molar refractivity (Wildman–Crippen MR) is 66.1 cm³/mol. The van der Waals surface area contributed by atoms with Crippen molar-refractivity contribution in [3.8, 4) is 0 Å². The smallest absolute Gasteiger partial charge is 0.332 e. The first-order valence-electron chi connectivity index (χ1n) is 5.27. The second-order valence-electron chi connectivity index (χ2n) is 3.50. The number of rotatable bonds is 6. The van der Waals surface area contributed by atoms with E-state index in [1.807, 2.05) is 0 Å². The van der Waals surface area contributed by atoms with E-state index in [9.17, 15) is 9.59 Å². The Morgan fingerprint density at radius 3 is 2.50 bits per heavy atom. The second-order valence-corrected chi connectivity index (χ2v) is 3.93. The third-order valence-electron chi connectivity index (χ3n) is 2.03. The third kappa shape index (κ3) is 5.65.